The first-order valence-corrected chi connectivity index (χ1v) is 9.92. The molecule has 3 heterocycles. The Morgan fingerprint density at radius 1 is 1.00 bits per heavy atom. The van der Waals surface area contributed by atoms with E-state index in [9.17, 15) is 9.59 Å². The second-order valence-electron chi connectivity index (χ2n) is 7.44. The normalized spacial score (nSPS) is 15.6. The largest absolute Gasteiger partial charge is 0.450 e. The molecule has 0 unspecified atom stereocenters. The lowest BCUT2D eigenvalue weighted by molar-refractivity contribution is 0.0970. The molecule has 4 aromatic rings. The number of benzene rings is 2. The van der Waals surface area contributed by atoms with Crippen molar-refractivity contribution in [3.05, 3.63) is 104 Å². The highest BCUT2D eigenvalue weighted by Crippen LogP contribution is 2.40. The number of rotatable bonds is 2. The first-order chi connectivity index (χ1) is 14.4. The summed E-state index contributed by atoms with van der Waals surface area (Å²) in [5.74, 6) is 0.133. The smallest absolute Gasteiger partial charge is 0.296 e. The summed E-state index contributed by atoms with van der Waals surface area (Å²) in [4.78, 5) is 33.0. The molecule has 6 heteroatoms. The quantitative estimate of drug-likeness (QED) is 0.450. The van der Waals surface area contributed by atoms with Crippen LogP contribution in [0.1, 0.15) is 39.0 Å². The average Bonchev–Trinajstić information content (AvgIpc) is 3.02. The molecule has 0 radical (unpaired) electrons. The average molecular weight is 417 g/mol. The Morgan fingerprint density at radius 3 is 2.50 bits per heavy atom. The van der Waals surface area contributed by atoms with E-state index in [1.807, 2.05) is 44.2 Å². The second-order valence-corrected chi connectivity index (χ2v) is 7.88. The molecule has 0 aliphatic carbocycles. The minimum absolute atomic E-state index is 0.0552. The van der Waals surface area contributed by atoms with Crippen molar-refractivity contribution in [3.8, 4) is 0 Å². The van der Waals surface area contributed by atoms with E-state index >= 15 is 0 Å². The zero-order valence-corrected chi connectivity index (χ0v) is 17.1. The number of anilines is 1. The molecule has 0 fully saturated rings. The molecular weight excluding hydrogens is 400 g/mol. The number of fused-ring (bicyclic) bond motifs is 2. The monoisotopic (exact) mass is 416 g/mol. The Balaban J connectivity index is 1.83. The fourth-order valence-corrected chi connectivity index (χ4v) is 4.07. The van der Waals surface area contributed by atoms with Crippen molar-refractivity contribution in [2.75, 3.05) is 4.90 Å². The van der Waals surface area contributed by atoms with Gasteiger partial charge in [0.05, 0.1) is 17.0 Å². The number of pyridine rings is 1. The second kappa shape index (κ2) is 6.82. The van der Waals surface area contributed by atoms with Gasteiger partial charge in [0.2, 0.25) is 5.76 Å². The molecule has 1 aliphatic rings. The fraction of sp³-hybridized carbons (Fsp3) is 0.125. The van der Waals surface area contributed by atoms with Gasteiger partial charge in [0.25, 0.3) is 5.91 Å². The van der Waals surface area contributed by atoms with Crippen LogP contribution in [0.4, 0.5) is 5.82 Å². The number of amides is 1. The molecule has 0 saturated carbocycles. The van der Waals surface area contributed by atoms with Gasteiger partial charge in [-0.25, -0.2) is 4.98 Å². The minimum Gasteiger partial charge on any atom is -0.450 e. The molecule has 2 aromatic carbocycles. The molecule has 1 aliphatic heterocycles. The van der Waals surface area contributed by atoms with Crippen molar-refractivity contribution >= 4 is 34.3 Å². The highest BCUT2D eigenvalue weighted by molar-refractivity contribution is 6.30. The molecule has 0 spiro atoms. The predicted molar refractivity (Wildman–Crippen MR) is 116 cm³/mol. The molecule has 0 saturated heterocycles. The van der Waals surface area contributed by atoms with Crippen LogP contribution in [0.5, 0.6) is 0 Å². The zero-order valence-electron chi connectivity index (χ0n) is 16.3. The van der Waals surface area contributed by atoms with Crippen LogP contribution >= 0.6 is 11.6 Å². The molecule has 5 rings (SSSR count). The summed E-state index contributed by atoms with van der Waals surface area (Å²) in [6.07, 6.45) is 0. The van der Waals surface area contributed by atoms with E-state index < -0.39 is 6.04 Å². The van der Waals surface area contributed by atoms with Crippen molar-refractivity contribution in [1.29, 1.82) is 0 Å². The molecule has 0 N–H and O–H groups in total. The maximum absolute atomic E-state index is 13.5. The van der Waals surface area contributed by atoms with Crippen LogP contribution in [0.2, 0.25) is 5.02 Å². The topological polar surface area (TPSA) is 63.4 Å². The lowest BCUT2D eigenvalue weighted by Crippen LogP contribution is -2.30. The summed E-state index contributed by atoms with van der Waals surface area (Å²) in [7, 11) is 0. The number of aromatic nitrogens is 1. The van der Waals surface area contributed by atoms with E-state index in [0.717, 1.165) is 16.8 Å². The summed E-state index contributed by atoms with van der Waals surface area (Å²) in [6.45, 7) is 3.77. The third kappa shape index (κ3) is 2.82. The highest BCUT2D eigenvalue weighted by atomic mass is 35.5. The summed E-state index contributed by atoms with van der Waals surface area (Å²) in [5.41, 5.74) is 2.98. The first kappa shape index (κ1) is 18.6. The molecule has 1 amide bonds. The van der Waals surface area contributed by atoms with Gasteiger partial charge in [-0.1, -0.05) is 41.4 Å². The molecule has 1 atom stereocenters. The van der Waals surface area contributed by atoms with Gasteiger partial charge in [-0.2, -0.15) is 0 Å². The Bertz CT molecular complexity index is 1380. The van der Waals surface area contributed by atoms with Gasteiger partial charge in [-0.05, 0) is 55.8 Å². The highest BCUT2D eigenvalue weighted by Gasteiger charge is 2.44. The molecule has 2 aromatic heterocycles. The Morgan fingerprint density at radius 2 is 1.77 bits per heavy atom. The van der Waals surface area contributed by atoms with Crippen molar-refractivity contribution < 1.29 is 9.21 Å². The SMILES string of the molecule is Cc1ccc2oc3c(c(=O)c2c1)[C@@H](c1ccc(Cl)cc1)N(c1cccc(C)n1)C3=O. The molecule has 148 valence electrons. The van der Waals surface area contributed by atoms with Crippen LogP contribution in [-0.2, 0) is 0 Å². The van der Waals surface area contributed by atoms with Gasteiger partial charge in [0.15, 0.2) is 5.43 Å². The summed E-state index contributed by atoms with van der Waals surface area (Å²) >= 11 is 6.08. The number of carbonyl (C=O) groups is 1. The summed E-state index contributed by atoms with van der Waals surface area (Å²) in [5, 5.41) is 1.03. The Kier molecular flexibility index (Phi) is 4.22. The number of carbonyl (C=O) groups excluding carboxylic acids is 1. The predicted octanol–water partition coefficient (Wildman–Crippen LogP) is 5.21. The Hall–Kier alpha value is -3.44. The van der Waals surface area contributed by atoms with Crippen LogP contribution < -0.4 is 10.3 Å². The molecular formula is C24H17ClN2O3. The van der Waals surface area contributed by atoms with Crippen molar-refractivity contribution in [3.63, 3.8) is 0 Å². The third-order valence-electron chi connectivity index (χ3n) is 5.33. The van der Waals surface area contributed by atoms with Crippen LogP contribution in [-0.4, -0.2) is 10.9 Å². The van der Waals surface area contributed by atoms with Gasteiger partial charge in [0.1, 0.15) is 11.4 Å². The maximum Gasteiger partial charge on any atom is 0.296 e. The molecule has 30 heavy (non-hydrogen) atoms. The van der Waals surface area contributed by atoms with Gasteiger partial charge in [-0.15, -0.1) is 0 Å². The van der Waals surface area contributed by atoms with Gasteiger partial charge >= 0.3 is 0 Å². The number of aryl methyl sites for hydroxylation is 2. The number of hydrogen-bond donors (Lipinski definition) is 0. The summed E-state index contributed by atoms with van der Waals surface area (Å²) in [6, 6.07) is 17.3. The van der Waals surface area contributed by atoms with Crippen molar-refractivity contribution in [2.45, 2.75) is 19.9 Å². The molecule has 0 bridgehead atoms. The zero-order chi connectivity index (χ0) is 21.0. The summed E-state index contributed by atoms with van der Waals surface area (Å²) < 4.78 is 5.96. The van der Waals surface area contributed by atoms with E-state index in [-0.39, 0.29) is 17.1 Å². The van der Waals surface area contributed by atoms with E-state index in [4.69, 9.17) is 16.0 Å². The van der Waals surface area contributed by atoms with E-state index in [0.29, 0.717) is 27.4 Å². The maximum atomic E-state index is 13.5. The fourth-order valence-electron chi connectivity index (χ4n) is 3.95. The number of halogens is 1. The van der Waals surface area contributed by atoms with E-state index in [2.05, 4.69) is 4.98 Å². The van der Waals surface area contributed by atoms with Crippen molar-refractivity contribution in [2.24, 2.45) is 0 Å². The van der Waals surface area contributed by atoms with Gasteiger partial charge < -0.3 is 4.42 Å². The molecule has 5 nitrogen and oxygen atoms in total. The Labute approximate surface area is 177 Å². The minimum atomic E-state index is -0.653. The van der Waals surface area contributed by atoms with Crippen LogP contribution in [0.15, 0.2) is 69.9 Å². The van der Waals surface area contributed by atoms with Crippen LogP contribution in [0, 0.1) is 13.8 Å². The van der Waals surface area contributed by atoms with Crippen LogP contribution in [0.25, 0.3) is 11.0 Å². The van der Waals surface area contributed by atoms with Gasteiger partial charge in [-0.3, -0.25) is 14.5 Å². The third-order valence-corrected chi connectivity index (χ3v) is 5.58. The van der Waals surface area contributed by atoms with Crippen LogP contribution in [0.3, 0.4) is 0 Å². The standard InChI is InChI=1S/C24H17ClN2O3/c1-13-6-11-18-17(12-13)22(28)20-21(15-7-9-16(25)10-8-15)27(24(29)23(20)30-18)19-5-3-4-14(2)26-19/h3-12,21H,1-2H3/t21-/m1/s1. The van der Waals surface area contributed by atoms with Gasteiger partial charge in [0, 0.05) is 10.7 Å². The van der Waals surface area contributed by atoms with Crippen molar-refractivity contribution in [1.82, 2.24) is 4.98 Å². The van der Waals surface area contributed by atoms with E-state index in [1.54, 1.807) is 30.3 Å². The first-order valence-electron chi connectivity index (χ1n) is 9.54. The van der Waals surface area contributed by atoms with E-state index in [1.165, 1.54) is 4.90 Å². The number of hydrogen-bond acceptors (Lipinski definition) is 4. The lowest BCUT2D eigenvalue weighted by Gasteiger charge is -2.24. The number of nitrogens with zero attached hydrogens (tertiary/aromatic N) is 2. The lowest BCUT2D eigenvalue weighted by atomic mass is 9.98.